The molecule has 0 saturated carbocycles. The molecule has 0 amide bonds. The monoisotopic (exact) mass is 265 g/mol. The summed E-state index contributed by atoms with van der Waals surface area (Å²) in [5, 5.41) is 0. The number of methoxy groups -OCH3 is 1. The molecule has 0 radical (unpaired) electrons. The van der Waals surface area contributed by atoms with Crippen LogP contribution in [0.25, 0.3) is 0 Å². The number of hydrogen-bond donors (Lipinski definition) is 1. The predicted molar refractivity (Wildman–Crippen MR) is 68.6 cm³/mol. The summed E-state index contributed by atoms with van der Waals surface area (Å²) >= 11 is 0. The maximum Gasteiger partial charge on any atom is 0.168 e. The van der Waals surface area contributed by atoms with Crippen molar-refractivity contribution in [3.63, 3.8) is 0 Å². The largest absolute Gasteiger partial charge is 0.494 e. The van der Waals surface area contributed by atoms with E-state index in [4.69, 9.17) is 15.2 Å². The van der Waals surface area contributed by atoms with Gasteiger partial charge in [-0.2, -0.15) is 0 Å². The summed E-state index contributed by atoms with van der Waals surface area (Å²) in [4.78, 5) is 0. The molecule has 0 bridgehead atoms. The number of nitrogens with two attached hydrogens (primary N) is 1. The highest BCUT2D eigenvalue weighted by molar-refractivity contribution is 5.56. The molecule has 3 nitrogen and oxygen atoms in total. The molecule has 0 unspecified atom stereocenters. The molecule has 0 aliphatic heterocycles. The van der Waals surface area contributed by atoms with E-state index < -0.39 is 11.6 Å². The number of halogens is 2. The Morgan fingerprint density at radius 2 is 1.74 bits per heavy atom. The first-order chi connectivity index (χ1) is 9.01. The van der Waals surface area contributed by atoms with Gasteiger partial charge < -0.3 is 15.2 Å². The maximum absolute atomic E-state index is 13.7. The molecule has 0 saturated heterocycles. The lowest BCUT2D eigenvalue weighted by Crippen LogP contribution is -1.96. The van der Waals surface area contributed by atoms with E-state index in [1.165, 1.54) is 19.2 Å². The van der Waals surface area contributed by atoms with E-state index in [0.717, 1.165) is 6.07 Å². The molecule has 0 aliphatic carbocycles. The van der Waals surface area contributed by atoms with Crippen LogP contribution >= 0.6 is 0 Å². The Morgan fingerprint density at radius 3 is 2.37 bits per heavy atom. The Balaban J connectivity index is 2.34. The highest BCUT2D eigenvalue weighted by Gasteiger charge is 2.11. The van der Waals surface area contributed by atoms with Gasteiger partial charge in [-0.3, -0.25) is 0 Å². The number of nitrogen functional groups attached to an aromatic ring is 1. The zero-order valence-electron chi connectivity index (χ0n) is 10.5. The molecule has 2 N–H and O–H groups in total. The minimum atomic E-state index is -0.640. The lowest BCUT2D eigenvalue weighted by molar-refractivity contribution is 0.402. The second-order valence-electron chi connectivity index (χ2n) is 4.04. The number of rotatable bonds is 3. The Kier molecular flexibility index (Phi) is 3.55. The van der Waals surface area contributed by atoms with Crippen LogP contribution in [0.4, 0.5) is 14.5 Å². The van der Waals surface area contributed by atoms with Gasteiger partial charge in [-0.25, -0.2) is 8.78 Å². The molecule has 0 spiro atoms. The van der Waals surface area contributed by atoms with E-state index in [1.54, 1.807) is 19.1 Å². The molecule has 0 atom stereocenters. The molecule has 2 rings (SSSR count). The summed E-state index contributed by atoms with van der Waals surface area (Å²) in [5.41, 5.74) is 6.22. The maximum atomic E-state index is 13.7. The van der Waals surface area contributed by atoms with Gasteiger partial charge >= 0.3 is 0 Å². The molecule has 2 aromatic carbocycles. The van der Waals surface area contributed by atoms with Crippen molar-refractivity contribution in [2.45, 2.75) is 6.92 Å². The number of anilines is 1. The molecule has 2 aromatic rings. The van der Waals surface area contributed by atoms with Crippen LogP contribution in [0.2, 0.25) is 0 Å². The first kappa shape index (κ1) is 13.1. The van der Waals surface area contributed by atoms with Crippen molar-refractivity contribution in [2.75, 3.05) is 12.8 Å². The molecule has 19 heavy (non-hydrogen) atoms. The average molecular weight is 265 g/mol. The van der Waals surface area contributed by atoms with E-state index in [9.17, 15) is 8.78 Å². The predicted octanol–water partition coefficient (Wildman–Crippen LogP) is 3.66. The van der Waals surface area contributed by atoms with Crippen LogP contribution in [-0.2, 0) is 0 Å². The van der Waals surface area contributed by atoms with Crippen molar-refractivity contribution in [1.29, 1.82) is 0 Å². The van der Waals surface area contributed by atoms with Gasteiger partial charge in [0.15, 0.2) is 11.6 Å². The SMILES string of the molecule is COc1cc(Oc2ccc(C)c(F)c2)c(F)cc1N. The van der Waals surface area contributed by atoms with Crippen LogP contribution in [0.5, 0.6) is 17.2 Å². The normalized spacial score (nSPS) is 10.3. The van der Waals surface area contributed by atoms with Crippen molar-refractivity contribution in [2.24, 2.45) is 0 Å². The molecule has 0 heterocycles. The van der Waals surface area contributed by atoms with Crippen LogP contribution in [-0.4, -0.2) is 7.11 Å². The third kappa shape index (κ3) is 2.76. The van der Waals surface area contributed by atoms with Crippen molar-refractivity contribution in [3.8, 4) is 17.2 Å². The summed E-state index contributed by atoms with van der Waals surface area (Å²) < 4.78 is 37.3. The Bertz CT molecular complexity index is 615. The van der Waals surface area contributed by atoms with E-state index in [-0.39, 0.29) is 17.2 Å². The highest BCUT2D eigenvalue weighted by Crippen LogP contribution is 2.33. The van der Waals surface area contributed by atoms with Gasteiger partial charge in [0.1, 0.15) is 17.3 Å². The Hall–Kier alpha value is -2.30. The third-order valence-corrected chi connectivity index (χ3v) is 2.66. The van der Waals surface area contributed by atoms with Gasteiger partial charge in [0.05, 0.1) is 12.8 Å². The van der Waals surface area contributed by atoms with Crippen LogP contribution in [0.3, 0.4) is 0 Å². The van der Waals surface area contributed by atoms with Crippen molar-refractivity contribution in [3.05, 3.63) is 47.5 Å². The Labute approximate surface area is 109 Å². The summed E-state index contributed by atoms with van der Waals surface area (Å²) in [5.74, 6) is -0.633. The van der Waals surface area contributed by atoms with Gasteiger partial charge in [-0.1, -0.05) is 6.07 Å². The first-order valence-electron chi connectivity index (χ1n) is 5.58. The number of hydrogen-bond acceptors (Lipinski definition) is 3. The zero-order valence-corrected chi connectivity index (χ0v) is 10.5. The quantitative estimate of drug-likeness (QED) is 0.861. The first-order valence-corrected chi connectivity index (χ1v) is 5.58. The van der Waals surface area contributed by atoms with Gasteiger partial charge in [0, 0.05) is 18.2 Å². The van der Waals surface area contributed by atoms with Crippen molar-refractivity contribution >= 4 is 5.69 Å². The van der Waals surface area contributed by atoms with Gasteiger partial charge in [-0.05, 0) is 18.6 Å². The molecular weight excluding hydrogens is 252 g/mol. The molecular formula is C14H13F2NO2. The minimum Gasteiger partial charge on any atom is -0.494 e. The van der Waals surface area contributed by atoms with Crippen LogP contribution < -0.4 is 15.2 Å². The van der Waals surface area contributed by atoms with Crippen LogP contribution in [0.1, 0.15) is 5.56 Å². The second-order valence-corrected chi connectivity index (χ2v) is 4.04. The van der Waals surface area contributed by atoms with Crippen molar-refractivity contribution in [1.82, 2.24) is 0 Å². The number of benzene rings is 2. The fourth-order valence-corrected chi connectivity index (χ4v) is 1.57. The molecule has 100 valence electrons. The summed E-state index contributed by atoms with van der Waals surface area (Å²) in [6.45, 7) is 1.63. The highest BCUT2D eigenvalue weighted by atomic mass is 19.1. The molecule has 0 aliphatic rings. The summed E-state index contributed by atoms with van der Waals surface area (Å²) in [7, 11) is 1.42. The van der Waals surface area contributed by atoms with Gasteiger partial charge in [0.25, 0.3) is 0 Å². The standard InChI is InChI=1S/C14H13F2NO2/c1-8-3-4-9(5-10(8)15)19-13-7-14(18-2)12(17)6-11(13)16/h3-7H,17H2,1-2H3. The third-order valence-electron chi connectivity index (χ3n) is 2.66. The Morgan fingerprint density at radius 1 is 1.00 bits per heavy atom. The topological polar surface area (TPSA) is 44.5 Å². The fraction of sp³-hybridized carbons (Fsp3) is 0.143. The molecule has 0 aromatic heterocycles. The van der Waals surface area contributed by atoms with E-state index in [2.05, 4.69) is 0 Å². The fourth-order valence-electron chi connectivity index (χ4n) is 1.57. The summed E-state index contributed by atoms with van der Waals surface area (Å²) in [6, 6.07) is 6.72. The number of aryl methyl sites for hydroxylation is 1. The van der Waals surface area contributed by atoms with Gasteiger partial charge in [-0.15, -0.1) is 0 Å². The van der Waals surface area contributed by atoms with Gasteiger partial charge in [0.2, 0.25) is 0 Å². The lowest BCUT2D eigenvalue weighted by Gasteiger charge is -2.11. The van der Waals surface area contributed by atoms with E-state index in [0.29, 0.717) is 11.3 Å². The average Bonchev–Trinajstić information content (AvgIpc) is 2.37. The smallest absolute Gasteiger partial charge is 0.168 e. The van der Waals surface area contributed by atoms with Crippen molar-refractivity contribution < 1.29 is 18.3 Å². The lowest BCUT2D eigenvalue weighted by atomic mass is 10.2. The van der Waals surface area contributed by atoms with E-state index >= 15 is 0 Å². The molecule has 0 fully saturated rings. The van der Waals surface area contributed by atoms with Crippen LogP contribution in [0, 0.1) is 18.6 Å². The number of ether oxygens (including phenoxy) is 2. The molecule has 5 heteroatoms. The zero-order chi connectivity index (χ0) is 14.0. The van der Waals surface area contributed by atoms with Crippen LogP contribution in [0.15, 0.2) is 30.3 Å². The summed E-state index contributed by atoms with van der Waals surface area (Å²) in [6.07, 6.45) is 0. The minimum absolute atomic E-state index is 0.0747. The second kappa shape index (κ2) is 5.14. The van der Waals surface area contributed by atoms with E-state index in [1.807, 2.05) is 0 Å².